The highest BCUT2D eigenvalue weighted by Gasteiger charge is 2.47. The van der Waals surface area contributed by atoms with Gasteiger partial charge in [0.2, 0.25) is 0 Å². The maximum atomic E-state index is 3.63. The third kappa shape index (κ3) is 2.28. The van der Waals surface area contributed by atoms with Crippen molar-refractivity contribution in [2.45, 2.75) is 13.8 Å². The number of nitrogens with zero attached hydrogens (tertiary/aromatic N) is 2. The van der Waals surface area contributed by atoms with Crippen LogP contribution in [0.1, 0.15) is 13.8 Å². The quantitative estimate of drug-likeness (QED) is 0.593. The van der Waals surface area contributed by atoms with Gasteiger partial charge in [-0.3, -0.25) is 0 Å². The van der Waals surface area contributed by atoms with E-state index in [2.05, 4.69) is 103 Å². The van der Waals surface area contributed by atoms with Crippen molar-refractivity contribution in [3.8, 4) is 0 Å². The molecule has 0 unspecified atom stereocenters. The van der Waals surface area contributed by atoms with E-state index >= 15 is 0 Å². The Kier molecular flexibility index (Phi) is 4.04. The predicted octanol–water partition coefficient (Wildman–Crippen LogP) is 5.97. The van der Waals surface area contributed by atoms with Gasteiger partial charge >= 0.3 is 0 Å². The summed E-state index contributed by atoms with van der Waals surface area (Å²) in [7, 11) is 0. The number of hydrogen-bond donors (Lipinski definition) is 1. The molecule has 0 saturated carbocycles. The fourth-order valence-electron chi connectivity index (χ4n) is 4.04. The second kappa shape index (κ2) is 6.36. The molecule has 126 valence electrons. The number of fused-ring (bicyclic) bond motifs is 2. The zero-order chi connectivity index (χ0) is 17.3. The SMILES string of the molecule is CCN(CC)[N+]1(c2ccccc2)c2ccccc2Nc2ccccc21. The predicted molar refractivity (Wildman–Crippen MR) is 107 cm³/mol. The topological polar surface area (TPSA) is 15.3 Å². The van der Waals surface area contributed by atoms with Crippen molar-refractivity contribution >= 4 is 28.4 Å². The lowest BCUT2D eigenvalue weighted by Crippen LogP contribution is -2.55. The molecule has 1 aliphatic heterocycles. The number of para-hydroxylation sites is 5. The minimum Gasteiger partial charge on any atom is -0.346 e. The Balaban J connectivity index is 2.13. The highest BCUT2D eigenvalue weighted by Crippen LogP contribution is 2.55. The summed E-state index contributed by atoms with van der Waals surface area (Å²) in [5.74, 6) is 0. The van der Waals surface area contributed by atoms with Gasteiger partial charge in [-0.05, 0) is 26.0 Å². The Bertz CT molecular complexity index is 824. The molecule has 3 nitrogen and oxygen atoms in total. The number of rotatable bonds is 4. The van der Waals surface area contributed by atoms with E-state index in [-0.39, 0.29) is 0 Å². The van der Waals surface area contributed by atoms with Gasteiger partial charge in [0.05, 0.1) is 0 Å². The minimum absolute atomic E-state index is 0.618. The number of nitrogens with one attached hydrogen (secondary N) is 1. The molecule has 0 aromatic heterocycles. The first-order valence-corrected chi connectivity index (χ1v) is 8.98. The monoisotopic (exact) mass is 330 g/mol. The lowest BCUT2D eigenvalue weighted by molar-refractivity contribution is 0.101. The molecule has 0 atom stereocenters. The molecule has 0 fully saturated rings. The van der Waals surface area contributed by atoms with Crippen LogP contribution in [0.25, 0.3) is 0 Å². The summed E-state index contributed by atoms with van der Waals surface area (Å²) in [5, 5.41) is 6.13. The highest BCUT2D eigenvalue weighted by molar-refractivity contribution is 5.92. The van der Waals surface area contributed by atoms with Gasteiger partial charge in [0, 0.05) is 37.4 Å². The van der Waals surface area contributed by atoms with Crippen LogP contribution in [0.15, 0.2) is 78.9 Å². The molecule has 0 bridgehead atoms. The van der Waals surface area contributed by atoms with E-state index in [9.17, 15) is 0 Å². The zero-order valence-electron chi connectivity index (χ0n) is 14.8. The summed E-state index contributed by atoms with van der Waals surface area (Å²) < 4.78 is 0.618. The van der Waals surface area contributed by atoms with Crippen LogP contribution in [-0.4, -0.2) is 18.1 Å². The molecule has 3 heteroatoms. The number of hydrogen-bond acceptors (Lipinski definition) is 2. The normalized spacial score (nSPS) is 14.5. The molecule has 0 amide bonds. The second-order valence-corrected chi connectivity index (χ2v) is 6.27. The van der Waals surface area contributed by atoms with Crippen LogP contribution in [0, 0.1) is 0 Å². The molecule has 0 saturated heterocycles. The van der Waals surface area contributed by atoms with Crippen LogP contribution in [0.5, 0.6) is 0 Å². The van der Waals surface area contributed by atoms with Crippen LogP contribution in [0.4, 0.5) is 28.4 Å². The van der Waals surface area contributed by atoms with Crippen LogP contribution in [0.2, 0.25) is 0 Å². The van der Waals surface area contributed by atoms with E-state index in [1.54, 1.807) is 0 Å². The molecule has 3 aromatic rings. The molecule has 1 heterocycles. The molecule has 4 rings (SSSR count). The largest absolute Gasteiger partial charge is 0.346 e. The smallest absolute Gasteiger partial charge is 0.186 e. The number of benzene rings is 3. The molecule has 3 aromatic carbocycles. The van der Waals surface area contributed by atoms with E-state index in [4.69, 9.17) is 0 Å². The van der Waals surface area contributed by atoms with E-state index in [1.807, 2.05) is 0 Å². The first-order valence-electron chi connectivity index (χ1n) is 8.98. The molecule has 0 spiro atoms. The maximum absolute atomic E-state index is 3.63. The molecule has 25 heavy (non-hydrogen) atoms. The Morgan fingerprint density at radius 3 is 1.68 bits per heavy atom. The van der Waals surface area contributed by atoms with E-state index in [1.165, 1.54) is 17.1 Å². The summed E-state index contributed by atoms with van der Waals surface area (Å²) in [6.45, 7) is 6.38. The Morgan fingerprint density at radius 1 is 0.680 bits per heavy atom. The lowest BCUT2D eigenvalue weighted by atomic mass is 10.1. The van der Waals surface area contributed by atoms with E-state index in [0.717, 1.165) is 24.5 Å². The molecular weight excluding hydrogens is 306 g/mol. The van der Waals surface area contributed by atoms with Crippen LogP contribution in [0.3, 0.4) is 0 Å². The Labute approximate surface area is 149 Å². The fourth-order valence-corrected chi connectivity index (χ4v) is 4.04. The summed E-state index contributed by atoms with van der Waals surface area (Å²) >= 11 is 0. The first-order chi connectivity index (χ1) is 12.3. The van der Waals surface area contributed by atoms with Crippen molar-refractivity contribution in [1.29, 1.82) is 0 Å². The summed E-state index contributed by atoms with van der Waals surface area (Å²) in [6.07, 6.45) is 0. The van der Waals surface area contributed by atoms with Gasteiger partial charge in [0.15, 0.2) is 17.1 Å². The number of quaternary nitrogens is 1. The van der Waals surface area contributed by atoms with Gasteiger partial charge in [-0.15, -0.1) is 9.60 Å². The molecule has 1 aliphatic rings. The zero-order valence-corrected chi connectivity index (χ0v) is 14.8. The molecular formula is C22H24N3+. The summed E-state index contributed by atoms with van der Waals surface area (Å²) in [6, 6.07) is 28.1. The summed E-state index contributed by atoms with van der Waals surface area (Å²) in [4.78, 5) is 0. The van der Waals surface area contributed by atoms with Crippen LogP contribution in [-0.2, 0) is 0 Å². The lowest BCUT2D eigenvalue weighted by Gasteiger charge is -2.47. The van der Waals surface area contributed by atoms with Crippen molar-refractivity contribution in [2.75, 3.05) is 18.4 Å². The van der Waals surface area contributed by atoms with Gasteiger partial charge in [0.25, 0.3) is 0 Å². The highest BCUT2D eigenvalue weighted by atomic mass is 15.8. The Morgan fingerprint density at radius 2 is 1.16 bits per heavy atom. The van der Waals surface area contributed by atoms with Crippen molar-refractivity contribution in [2.24, 2.45) is 0 Å². The average molecular weight is 330 g/mol. The molecule has 1 N–H and O–H groups in total. The van der Waals surface area contributed by atoms with Gasteiger partial charge in [-0.25, -0.2) is 0 Å². The van der Waals surface area contributed by atoms with E-state index in [0.29, 0.717) is 4.59 Å². The van der Waals surface area contributed by atoms with Crippen molar-refractivity contribution in [3.63, 3.8) is 0 Å². The van der Waals surface area contributed by atoms with Gasteiger partial charge in [-0.1, -0.05) is 42.5 Å². The van der Waals surface area contributed by atoms with Gasteiger partial charge in [-0.2, -0.15) is 0 Å². The van der Waals surface area contributed by atoms with Crippen molar-refractivity contribution < 1.29 is 0 Å². The molecule has 0 radical (unpaired) electrons. The van der Waals surface area contributed by atoms with Gasteiger partial charge < -0.3 is 5.32 Å². The van der Waals surface area contributed by atoms with E-state index < -0.39 is 0 Å². The standard InChI is InChI=1S/C22H24N3/c1-3-24(4-2)25(18-12-6-5-7-13-18)21-16-10-8-14-19(21)23-20-15-9-11-17-22(20)25/h5-17,23H,3-4H2,1-2H3/q+1. The first kappa shape index (κ1) is 15.9. The third-order valence-corrected chi connectivity index (χ3v) is 5.06. The Hall–Kier alpha value is -2.62. The second-order valence-electron chi connectivity index (χ2n) is 6.27. The fraction of sp³-hybridized carbons (Fsp3) is 0.182. The minimum atomic E-state index is 0.618. The molecule has 0 aliphatic carbocycles. The van der Waals surface area contributed by atoms with Crippen LogP contribution >= 0.6 is 0 Å². The maximum Gasteiger partial charge on any atom is 0.186 e. The summed E-state index contributed by atoms with van der Waals surface area (Å²) in [5.41, 5.74) is 6.11. The number of anilines is 2. The van der Waals surface area contributed by atoms with Gasteiger partial charge in [0.1, 0.15) is 11.4 Å². The van der Waals surface area contributed by atoms with Crippen LogP contribution < -0.4 is 9.91 Å². The average Bonchev–Trinajstić information content (AvgIpc) is 2.69. The van der Waals surface area contributed by atoms with Crippen molar-refractivity contribution in [1.82, 2.24) is 9.60 Å². The van der Waals surface area contributed by atoms with Crippen molar-refractivity contribution in [3.05, 3.63) is 78.9 Å². The third-order valence-electron chi connectivity index (χ3n) is 5.06.